The van der Waals surface area contributed by atoms with Crippen molar-refractivity contribution in [3.8, 4) is 11.5 Å². The molecule has 2 N–H and O–H groups in total. The van der Waals surface area contributed by atoms with Gasteiger partial charge in [-0.15, -0.1) is 0 Å². The third kappa shape index (κ3) is 6.38. The number of carbonyl (C=O) groups excluding carboxylic acids is 1. The first-order chi connectivity index (χ1) is 15.3. The largest absolute Gasteiger partial charge is 0.497 e. The van der Waals surface area contributed by atoms with Crippen LogP contribution in [0.2, 0.25) is 5.02 Å². The van der Waals surface area contributed by atoms with Gasteiger partial charge in [0.05, 0.1) is 12.0 Å². The van der Waals surface area contributed by atoms with Crippen LogP contribution in [0.15, 0.2) is 71.6 Å². The molecule has 0 bridgehead atoms. The van der Waals surface area contributed by atoms with Crippen LogP contribution in [0.5, 0.6) is 11.5 Å². The lowest BCUT2D eigenvalue weighted by Gasteiger charge is -2.12. The van der Waals surface area contributed by atoms with Gasteiger partial charge in [0.2, 0.25) is 0 Å². The van der Waals surface area contributed by atoms with Gasteiger partial charge in [-0.2, -0.15) is 0 Å². The minimum absolute atomic E-state index is 0.0845. The van der Waals surface area contributed by atoms with E-state index < -0.39 is 10.0 Å². The van der Waals surface area contributed by atoms with Crippen LogP contribution in [-0.4, -0.2) is 28.0 Å². The van der Waals surface area contributed by atoms with Crippen LogP contribution in [0.1, 0.15) is 11.1 Å². The molecule has 1 amide bonds. The van der Waals surface area contributed by atoms with Gasteiger partial charge in [-0.1, -0.05) is 23.7 Å². The molecule has 3 aromatic rings. The number of anilines is 1. The van der Waals surface area contributed by atoms with Crippen molar-refractivity contribution in [1.29, 1.82) is 0 Å². The average Bonchev–Trinajstić information content (AvgIpc) is 2.78. The van der Waals surface area contributed by atoms with Crippen molar-refractivity contribution in [3.63, 3.8) is 0 Å². The number of hydrogen-bond donors (Lipinski definition) is 2. The van der Waals surface area contributed by atoms with Crippen LogP contribution >= 0.6 is 11.6 Å². The van der Waals surface area contributed by atoms with Crippen LogP contribution in [-0.2, 0) is 21.4 Å². The highest BCUT2D eigenvalue weighted by atomic mass is 35.5. The molecular formula is C23H23ClN2O5S. The van der Waals surface area contributed by atoms with Crippen molar-refractivity contribution < 1.29 is 22.7 Å². The summed E-state index contributed by atoms with van der Waals surface area (Å²) in [6, 6.07) is 18.2. The molecular weight excluding hydrogens is 452 g/mol. The molecule has 0 aliphatic carbocycles. The Balaban J connectivity index is 1.56. The summed E-state index contributed by atoms with van der Waals surface area (Å²) < 4.78 is 38.4. The zero-order valence-electron chi connectivity index (χ0n) is 17.6. The number of benzene rings is 3. The van der Waals surface area contributed by atoms with E-state index in [-0.39, 0.29) is 17.4 Å². The summed E-state index contributed by atoms with van der Waals surface area (Å²) in [5.74, 6) is 0.879. The lowest BCUT2D eigenvalue weighted by atomic mass is 10.2. The van der Waals surface area contributed by atoms with Crippen molar-refractivity contribution >= 4 is 33.2 Å². The Hall–Kier alpha value is -3.23. The van der Waals surface area contributed by atoms with Crippen molar-refractivity contribution in [2.24, 2.45) is 0 Å². The van der Waals surface area contributed by atoms with Gasteiger partial charge in [0.25, 0.3) is 15.9 Å². The number of halogens is 1. The molecule has 7 nitrogen and oxygen atoms in total. The van der Waals surface area contributed by atoms with Crippen LogP contribution in [0.4, 0.5) is 5.69 Å². The zero-order chi connectivity index (χ0) is 23.1. The summed E-state index contributed by atoms with van der Waals surface area (Å²) in [5, 5.41) is 3.29. The van der Waals surface area contributed by atoms with Gasteiger partial charge in [-0.25, -0.2) is 8.42 Å². The van der Waals surface area contributed by atoms with Gasteiger partial charge in [0.1, 0.15) is 11.5 Å². The first kappa shape index (κ1) is 23.4. The van der Waals surface area contributed by atoms with E-state index in [9.17, 15) is 13.2 Å². The van der Waals surface area contributed by atoms with Gasteiger partial charge >= 0.3 is 0 Å². The van der Waals surface area contributed by atoms with Gasteiger partial charge < -0.3 is 14.8 Å². The van der Waals surface area contributed by atoms with E-state index in [4.69, 9.17) is 21.1 Å². The molecule has 0 atom stereocenters. The fourth-order valence-electron chi connectivity index (χ4n) is 2.82. The number of methoxy groups -OCH3 is 1. The number of sulfonamides is 1. The number of rotatable bonds is 9. The molecule has 168 valence electrons. The summed E-state index contributed by atoms with van der Waals surface area (Å²) in [7, 11) is -2.19. The van der Waals surface area contributed by atoms with E-state index in [0.717, 1.165) is 11.3 Å². The Labute approximate surface area is 192 Å². The molecule has 0 fully saturated rings. The molecule has 0 aliphatic rings. The van der Waals surface area contributed by atoms with E-state index in [2.05, 4.69) is 10.0 Å². The van der Waals surface area contributed by atoms with E-state index in [0.29, 0.717) is 28.6 Å². The number of hydrogen-bond acceptors (Lipinski definition) is 5. The minimum Gasteiger partial charge on any atom is -0.497 e. The molecule has 3 aromatic carbocycles. The van der Waals surface area contributed by atoms with Gasteiger partial charge in [0.15, 0.2) is 6.61 Å². The predicted octanol–water partition coefficient (Wildman–Crippen LogP) is 4.15. The molecule has 0 saturated heterocycles. The van der Waals surface area contributed by atoms with Crippen molar-refractivity contribution in [1.82, 2.24) is 5.32 Å². The van der Waals surface area contributed by atoms with Gasteiger partial charge in [-0.3, -0.25) is 9.52 Å². The number of nitrogens with one attached hydrogen (secondary N) is 2. The number of carbonyl (C=O) groups is 1. The molecule has 0 radical (unpaired) electrons. The molecule has 0 unspecified atom stereocenters. The van der Waals surface area contributed by atoms with E-state index in [1.807, 2.05) is 24.3 Å². The first-order valence-electron chi connectivity index (χ1n) is 9.68. The quantitative estimate of drug-likeness (QED) is 0.486. The third-order valence-electron chi connectivity index (χ3n) is 4.56. The monoisotopic (exact) mass is 474 g/mol. The summed E-state index contributed by atoms with van der Waals surface area (Å²) in [6.45, 7) is 1.89. The summed E-state index contributed by atoms with van der Waals surface area (Å²) in [4.78, 5) is 12.2. The number of aryl methyl sites for hydroxylation is 1. The van der Waals surface area contributed by atoms with Crippen LogP contribution in [0, 0.1) is 6.92 Å². The Kier molecular flexibility index (Phi) is 7.61. The second-order valence-corrected chi connectivity index (χ2v) is 9.07. The molecule has 0 aromatic heterocycles. The molecule has 0 saturated carbocycles. The van der Waals surface area contributed by atoms with Crippen LogP contribution in [0.25, 0.3) is 0 Å². The topological polar surface area (TPSA) is 93.7 Å². The first-order valence-corrected chi connectivity index (χ1v) is 11.5. The second-order valence-electron chi connectivity index (χ2n) is 6.95. The van der Waals surface area contributed by atoms with Gasteiger partial charge in [0, 0.05) is 17.3 Å². The maximum absolute atomic E-state index is 12.6. The molecule has 0 aliphatic heterocycles. The van der Waals surface area contributed by atoms with E-state index >= 15 is 0 Å². The van der Waals surface area contributed by atoms with E-state index in [1.54, 1.807) is 38.3 Å². The van der Waals surface area contributed by atoms with E-state index in [1.165, 1.54) is 18.2 Å². The fraction of sp³-hybridized carbons (Fsp3) is 0.174. The average molecular weight is 475 g/mol. The second kappa shape index (κ2) is 10.4. The predicted molar refractivity (Wildman–Crippen MR) is 124 cm³/mol. The number of amides is 1. The number of ether oxygens (including phenoxy) is 2. The maximum atomic E-state index is 12.6. The highest BCUT2D eigenvalue weighted by molar-refractivity contribution is 7.92. The van der Waals surface area contributed by atoms with Crippen molar-refractivity contribution in [2.75, 3.05) is 18.4 Å². The molecule has 9 heteroatoms. The van der Waals surface area contributed by atoms with Gasteiger partial charge in [-0.05, 0) is 72.6 Å². The normalized spacial score (nSPS) is 11.0. The summed E-state index contributed by atoms with van der Waals surface area (Å²) >= 11 is 5.83. The fourth-order valence-corrected chi connectivity index (χ4v) is 4.09. The SMILES string of the molecule is COc1ccc(CNC(=O)COc2ccc(S(=O)(=O)Nc3ccc(Cl)cc3)cc2C)cc1. The molecule has 0 heterocycles. The lowest BCUT2D eigenvalue weighted by Crippen LogP contribution is -2.28. The summed E-state index contributed by atoms with van der Waals surface area (Å²) in [6.07, 6.45) is 0. The minimum atomic E-state index is -3.78. The molecule has 32 heavy (non-hydrogen) atoms. The maximum Gasteiger partial charge on any atom is 0.261 e. The zero-order valence-corrected chi connectivity index (χ0v) is 19.2. The Morgan fingerprint density at radius 1 is 1.00 bits per heavy atom. The van der Waals surface area contributed by atoms with Crippen LogP contribution < -0.4 is 19.5 Å². The third-order valence-corrected chi connectivity index (χ3v) is 6.19. The summed E-state index contributed by atoms with van der Waals surface area (Å²) in [5.41, 5.74) is 1.92. The molecule has 3 rings (SSSR count). The standard InChI is InChI=1S/C23H23ClN2O5S/c1-16-13-21(32(28,29)26-19-7-5-18(24)6-8-19)11-12-22(16)31-15-23(27)25-14-17-3-9-20(30-2)10-4-17/h3-13,26H,14-15H2,1-2H3,(H,25,27). The van der Waals surface area contributed by atoms with Crippen molar-refractivity contribution in [3.05, 3.63) is 82.9 Å². The smallest absolute Gasteiger partial charge is 0.261 e. The highest BCUT2D eigenvalue weighted by Crippen LogP contribution is 2.24. The Morgan fingerprint density at radius 3 is 2.31 bits per heavy atom. The van der Waals surface area contributed by atoms with Crippen molar-refractivity contribution in [2.45, 2.75) is 18.4 Å². The Morgan fingerprint density at radius 2 is 1.69 bits per heavy atom. The molecule has 0 spiro atoms. The Bertz CT molecular complexity index is 1180. The van der Waals surface area contributed by atoms with Crippen LogP contribution in [0.3, 0.4) is 0 Å². The highest BCUT2D eigenvalue weighted by Gasteiger charge is 2.16. The lowest BCUT2D eigenvalue weighted by molar-refractivity contribution is -0.123.